The summed E-state index contributed by atoms with van der Waals surface area (Å²) in [6.45, 7) is 5.24. The summed E-state index contributed by atoms with van der Waals surface area (Å²) in [4.78, 5) is 17.2. The lowest BCUT2D eigenvalue weighted by Gasteiger charge is -2.22. The van der Waals surface area contributed by atoms with Crippen LogP contribution in [0.5, 0.6) is 0 Å². The molecule has 74 valence electrons. The fourth-order valence-corrected chi connectivity index (χ4v) is 0.701. The molecule has 0 bridgehead atoms. The third kappa shape index (κ3) is 5.69. The second-order valence-electron chi connectivity index (χ2n) is 3.58. The Morgan fingerprint density at radius 2 is 1.92 bits per heavy atom. The Bertz CT molecular complexity index is 182. The molecule has 0 aliphatic carbocycles. The van der Waals surface area contributed by atoms with Gasteiger partial charge in [0.05, 0.1) is 12.2 Å². The fourth-order valence-electron chi connectivity index (χ4n) is 0.432. The van der Waals surface area contributed by atoms with Crippen LogP contribution in [0.4, 0.5) is 0 Å². The average Bonchev–Trinajstić information content (AvgIpc) is 1.78. The fraction of sp³-hybridized carbons (Fsp3) is 1.00. The molecule has 0 aliphatic rings. The number of ether oxygens (including phenoxy) is 1. The third-order valence-electron chi connectivity index (χ3n) is 1.12. The highest BCUT2D eigenvalue weighted by Crippen LogP contribution is 2.38. The highest BCUT2D eigenvalue weighted by atomic mass is 31.2. The molecule has 0 saturated carbocycles. The maximum absolute atomic E-state index is 10.5. The van der Waals surface area contributed by atoms with Gasteiger partial charge in [-0.05, 0) is 20.8 Å². The molecule has 0 heterocycles. The molecule has 0 aromatic carbocycles. The van der Waals surface area contributed by atoms with Gasteiger partial charge in [0, 0.05) is 0 Å². The van der Waals surface area contributed by atoms with E-state index in [0.29, 0.717) is 0 Å². The standard InChI is InChI=1S/C6H16NO4P/c1-6(2,3)11-4-5(7)12(8,9)10/h5H,4,7H2,1-3H3,(H2,8,9,10). The van der Waals surface area contributed by atoms with Crippen molar-refractivity contribution in [3.8, 4) is 0 Å². The van der Waals surface area contributed by atoms with Crippen LogP contribution in [0.2, 0.25) is 0 Å². The van der Waals surface area contributed by atoms with Crippen molar-refractivity contribution in [1.82, 2.24) is 0 Å². The Morgan fingerprint density at radius 3 is 2.17 bits per heavy atom. The lowest BCUT2D eigenvalue weighted by atomic mass is 10.2. The SMILES string of the molecule is CC(C)(C)OCC(N)P(=O)(O)O. The first-order valence-corrected chi connectivity index (χ1v) is 5.26. The van der Waals surface area contributed by atoms with Crippen molar-refractivity contribution < 1.29 is 19.1 Å². The van der Waals surface area contributed by atoms with Crippen LogP contribution in [0.3, 0.4) is 0 Å². The average molecular weight is 197 g/mol. The maximum Gasteiger partial charge on any atom is 0.344 e. The largest absolute Gasteiger partial charge is 0.374 e. The highest BCUT2D eigenvalue weighted by Gasteiger charge is 2.26. The van der Waals surface area contributed by atoms with E-state index in [4.69, 9.17) is 20.3 Å². The molecule has 1 unspecified atom stereocenters. The molecule has 4 N–H and O–H groups in total. The molecule has 12 heavy (non-hydrogen) atoms. The van der Waals surface area contributed by atoms with E-state index < -0.39 is 19.0 Å². The van der Waals surface area contributed by atoms with Gasteiger partial charge in [-0.3, -0.25) is 4.57 Å². The minimum Gasteiger partial charge on any atom is -0.374 e. The van der Waals surface area contributed by atoms with Crippen molar-refractivity contribution in [2.24, 2.45) is 5.73 Å². The van der Waals surface area contributed by atoms with Crippen molar-refractivity contribution >= 4 is 7.60 Å². The molecule has 1 atom stereocenters. The predicted octanol–water partition coefficient (Wildman–Crippen LogP) is 0.264. The zero-order valence-electron chi connectivity index (χ0n) is 7.52. The van der Waals surface area contributed by atoms with Crippen LogP contribution >= 0.6 is 7.60 Å². The van der Waals surface area contributed by atoms with E-state index >= 15 is 0 Å². The molecule has 0 saturated heterocycles. The monoisotopic (exact) mass is 197 g/mol. The number of rotatable bonds is 3. The lowest BCUT2D eigenvalue weighted by molar-refractivity contribution is -0.00412. The smallest absolute Gasteiger partial charge is 0.344 e. The van der Waals surface area contributed by atoms with Crippen molar-refractivity contribution in [1.29, 1.82) is 0 Å². The van der Waals surface area contributed by atoms with Gasteiger partial charge in [0.1, 0.15) is 5.78 Å². The van der Waals surface area contributed by atoms with Crippen LogP contribution < -0.4 is 5.73 Å². The molecule has 5 nitrogen and oxygen atoms in total. The molecule has 0 rings (SSSR count). The van der Waals surface area contributed by atoms with Crippen LogP contribution in [-0.4, -0.2) is 27.8 Å². The summed E-state index contributed by atoms with van der Waals surface area (Å²) in [7, 11) is -4.19. The molecule has 0 aliphatic heterocycles. The van der Waals surface area contributed by atoms with Crippen molar-refractivity contribution in [2.45, 2.75) is 32.2 Å². The van der Waals surface area contributed by atoms with Crippen LogP contribution in [0.25, 0.3) is 0 Å². The van der Waals surface area contributed by atoms with Gasteiger partial charge >= 0.3 is 7.60 Å². The number of hydrogen-bond acceptors (Lipinski definition) is 3. The molecule has 6 heteroatoms. The van der Waals surface area contributed by atoms with Gasteiger partial charge in [0.2, 0.25) is 0 Å². The summed E-state index contributed by atoms with van der Waals surface area (Å²) >= 11 is 0. The molecular formula is C6H16NO4P. The van der Waals surface area contributed by atoms with E-state index in [0.717, 1.165) is 0 Å². The van der Waals surface area contributed by atoms with Crippen molar-refractivity contribution in [3.05, 3.63) is 0 Å². The molecule has 0 fully saturated rings. The maximum atomic E-state index is 10.5. The highest BCUT2D eigenvalue weighted by molar-refractivity contribution is 7.52. The predicted molar refractivity (Wildman–Crippen MR) is 45.7 cm³/mol. The van der Waals surface area contributed by atoms with E-state index in [2.05, 4.69) is 0 Å². The summed E-state index contributed by atoms with van der Waals surface area (Å²) < 4.78 is 15.6. The van der Waals surface area contributed by atoms with Crippen LogP contribution in [0, 0.1) is 0 Å². The quantitative estimate of drug-likeness (QED) is 0.564. The molecule has 0 aromatic rings. The lowest BCUT2D eigenvalue weighted by Crippen LogP contribution is -2.31. The van der Waals surface area contributed by atoms with E-state index in [1.165, 1.54) is 0 Å². The summed E-state index contributed by atoms with van der Waals surface area (Å²) in [5.41, 5.74) is 4.75. The van der Waals surface area contributed by atoms with Gasteiger partial charge < -0.3 is 20.3 Å². The van der Waals surface area contributed by atoms with Crippen LogP contribution in [0.1, 0.15) is 20.8 Å². The van der Waals surface area contributed by atoms with Gasteiger partial charge in [-0.2, -0.15) is 0 Å². The zero-order valence-corrected chi connectivity index (χ0v) is 8.41. The molecular weight excluding hydrogens is 181 g/mol. The topological polar surface area (TPSA) is 92.8 Å². The van der Waals surface area contributed by atoms with Gasteiger partial charge in [0.25, 0.3) is 0 Å². The summed E-state index contributed by atoms with van der Waals surface area (Å²) in [6.07, 6.45) is 0. The van der Waals surface area contributed by atoms with E-state index in [1.54, 1.807) is 20.8 Å². The van der Waals surface area contributed by atoms with Crippen molar-refractivity contribution in [2.75, 3.05) is 6.61 Å². The van der Waals surface area contributed by atoms with E-state index in [-0.39, 0.29) is 6.61 Å². The summed E-state index contributed by atoms with van der Waals surface area (Å²) in [5.74, 6) is -1.23. The Kier molecular flexibility index (Phi) is 3.87. The van der Waals surface area contributed by atoms with Gasteiger partial charge in [-0.25, -0.2) is 0 Å². The third-order valence-corrected chi connectivity index (χ3v) is 2.13. The van der Waals surface area contributed by atoms with E-state index in [1.807, 2.05) is 0 Å². The zero-order chi connectivity index (χ0) is 9.99. The van der Waals surface area contributed by atoms with E-state index in [9.17, 15) is 4.57 Å². The second-order valence-corrected chi connectivity index (χ2v) is 5.42. The number of hydrogen-bond donors (Lipinski definition) is 3. The van der Waals surface area contributed by atoms with Gasteiger partial charge in [0.15, 0.2) is 0 Å². The Morgan fingerprint density at radius 1 is 1.50 bits per heavy atom. The summed E-state index contributed by atoms with van der Waals surface area (Å²) in [6, 6.07) is 0. The Labute approximate surface area is 72.1 Å². The second kappa shape index (κ2) is 3.85. The first-order valence-electron chi connectivity index (χ1n) is 3.58. The molecule has 0 amide bonds. The number of nitrogens with two attached hydrogens (primary N) is 1. The molecule has 0 aromatic heterocycles. The normalized spacial score (nSPS) is 16.2. The van der Waals surface area contributed by atoms with Gasteiger partial charge in [-0.15, -0.1) is 0 Å². The van der Waals surface area contributed by atoms with Crippen molar-refractivity contribution in [3.63, 3.8) is 0 Å². The molecule has 0 spiro atoms. The summed E-state index contributed by atoms with van der Waals surface area (Å²) in [5, 5.41) is 0. The Balaban J connectivity index is 3.89. The van der Waals surface area contributed by atoms with Crippen LogP contribution in [0.15, 0.2) is 0 Å². The minimum absolute atomic E-state index is 0.131. The Hall–Kier alpha value is 0.0700. The minimum atomic E-state index is -4.19. The first kappa shape index (κ1) is 12.1. The molecule has 0 radical (unpaired) electrons. The van der Waals surface area contributed by atoms with Gasteiger partial charge in [-0.1, -0.05) is 0 Å². The first-order chi connectivity index (χ1) is 5.13. The van der Waals surface area contributed by atoms with Crippen LogP contribution in [-0.2, 0) is 9.30 Å².